The summed E-state index contributed by atoms with van der Waals surface area (Å²) in [5.74, 6) is 3.67. The number of benzene rings is 9. The minimum Gasteiger partial charge on any atom is -0.509 e. The average Bonchev–Trinajstić information content (AvgIpc) is 4.37. The van der Waals surface area contributed by atoms with Crippen molar-refractivity contribution in [3.63, 3.8) is 0 Å². The molecule has 7 nitrogen and oxygen atoms in total. The molecule has 0 bridgehead atoms. The van der Waals surface area contributed by atoms with E-state index in [1.165, 1.54) is 16.7 Å². The molecule has 8 heteroatoms. The normalized spacial score (nSPS) is 13.1. The van der Waals surface area contributed by atoms with Gasteiger partial charge in [-0.25, -0.2) is 9.97 Å². The van der Waals surface area contributed by atoms with Crippen LogP contribution >= 0.6 is 0 Å². The summed E-state index contributed by atoms with van der Waals surface area (Å²) >= 11 is 0. The first kappa shape index (κ1) is 51.0. The number of hydrogen-bond donors (Lipinski definition) is 0. The molecule has 80 heavy (non-hydrogen) atoms. The van der Waals surface area contributed by atoms with Gasteiger partial charge in [-0.3, -0.25) is 0 Å². The minimum atomic E-state index is 0. The van der Waals surface area contributed by atoms with Crippen LogP contribution < -0.4 is 14.5 Å². The molecule has 0 atom stereocenters. The van der Waals surface area contributed by atoms with Crippen molar-refractivity contribution in [1.29, 1.82) is 0 Å². The van der Waals surface area contributed by atoms with Crippen molar-refractivity contribution in [1.82, 2.24) is 19.1 Å². The quantitative estimate of drug-likeness (QED) is 0.121. The predicted molar refractivity (Wildman–Crippen MR) is 325 cm³/mol. The van der Waals surface area contributed by atoms with Crippen molar-refractivity contribution in [2.75, 3.05) is 9.80 Å². The van der Waals surface area contributed by atoms with Crippen molar-refractivity contribution >= 4 is 55.6 Å². The number of para-hydroxylation sites is 2. The second-order valence-corrected chi connectivity index (χ2v) is 21.8. The van der Waals surface area contributed by atoms with Crippen molar-refractivity contribution < 1.29 is 25.8 Å². The molecule has 0 radical (unpaired) electrons. The molecule has 2 aliphatic rings. The summed E-state index contributed by atoms with van der Waals surface area (Å²) in [6.07, 6.45) is 5.24. The molecular weight excluding hydrogens is 1160 g/mol. The summed E-state index contributed by atoms with van der Waals surface area (Å²) in [4.78, 5) is 15.2. The largest absolute Gasteiger partial charge is 0.509 e. The Kier molecular flexibility index (Phi) is 13.3. The zero-order valence-corrected chi connectivity index (χ0v) is 47.8. The maximum Gasteiger partial charge on any atom is 0.135 e. The second-order valence-electron chi connectivity index (χ2n) is 21.8. The molecule has 0 spiro atoms. The predicted octanol–water partition coefficient (Wildman–Crippen LogP) is 18.9. The number of ether oxygens (including phenoxy) is 1. The summed E-state index contributed by atoms with van der Waals surface area (Å²) < 4.78 is 11.9. The molecule has 3 aromatic heterocycles. The molecule has 0 aliphatic carbocycles. The van der Waals surface area contributed by atoms with Crippen LogP contribution in [0.3, 0.4) is 0 Å². The number of pyridine rings is 1. The van der Waals surface area contributed by atoms with E-state index in [2.05, 4.69) is 254 Å². The Labute approximate surface area is 483 Å². The smallest absolute Gasteiger partial charge is 0.135 e. The molecule has 9 aromatic carbocycles. The number of nitrogens with zero attached hydrogens (tertiary/aromatic N) is 6. The van der Waals surface area contributed by atoms with Gasteiger partial charge in [0, 0.05) is 91.0 Å². The van der Waals surface area contributed by atoms with Crippen molar-refractivity contribution in [2.24, 2.45) is 0 Å². The van der Waals surface area contributed by atoms with E-state index in [-0.39, 0.29) is 32.9 Å². The summed E-state index contributed by atoms with van der Waals surface area (Å²) in [7, 11) is 0. The third-order valence-electron chi connectivity index (χ3n) is 16.1. The van der Waals surface area contributed by atoms with Gasteiger partial charge >= 0.3 is 0 Å². The number of aromatic nitrogens is 4. The van der Waals surface area contributed by atoms with Gasteiger partial charge in [-0.15, -0.1) is 53.6 Å². The first-order chi connectivity index (χ1) is 38.7. The zero-order valence-electron chi connectivity index (χ0n) is 45.5. The van der Waals surface area contributed by atoms with E-state index in [4.69, 9.17) is 14.7 Å². The fourth-order valence-corrected chi connectivity index (χ4v) is 12.3. The van der Waals surface area contributed by atoms with Gasteiger partial charge in [0.15, 0.2) is 0 Å². The van der Waals surface area contributed by atoms with Crippen LogP contribution in [0.25, 0.3) is 83.2 Å². The molecule has 2 aliphatic heterocycles. The van der Waals surface area contributed by atoms with Gasteiger partial charge < -0.3 is 23.7 Å². The summed E-state index contributed by atoms with van der Waals surface area (Å²) in [5.41, 5.74) is 20.9. The van der Waals surface area contributed by atoms with Crippen LogP contribution in [-0.4, -0.2) is 19.1 Å². The van der Waals surface area contributed by atoms with Crippen LogP contribution in [0.2, 0.25) is 0 Å². The molecule has 0 saturated carbocycles. The number of anilines is 4. The van der Waals surface area contributed by atoms with Crippen molar-refractivity contribution in [2.45, 2.75) is 72.3 Å². The second kappa shape index (κ2) is 20.9. The van der Waals surface area contributed by atoms with Crippen LogP contribution in [0.1, 0.15) is 74.9 Å². The Morgan fingerprint density at radius 3 is 1.86 bits per heavy atom. The third kappa shape index (κ3) is 8.89. The molecule has 5 heterocycles. The van der Waals surface area contributed by atoms with E-state index in [9.17, 15) is 0 Å². The molecule has 0 saturated heterocycles. The maximum absolute atomic E-state index is 7.20. The molecule has 14 rings (SSSR count). The Morgan fingerprint density at radius 2 is 1.19 bits per heavy atom. The molecule has 12 aromatic rings. The monoisotopic (exact) mass is 1220 g/mol. The number of hydrogen-bond acceptors (Lipinski definition) is 5. The fraction of sp³-hybridized carbons (Fsp3) is 0.153. The molecule has 0 fully saturated rings. The maximum atomic E-state index is 7.20. The van der Waals surface area contributed by atoms with Crippen LogP contribution in [0, 0.1) is 25.7 Å². The van der Waals surface area contributed by atoms with E-state index < -0.39 is 0 Å². The van der Waals surface area contributed by atoms with E-state index in [1.807, 2.05) is 18.3 Å². The fourth-order valence-electron chi connectivity index (χ4n) is 12.3. The van der Waals surface area contributed by atoms with Crippen LogP contribution in [0.15, 0.2) is 200 Å². The zero-order chi connectivity index (χ0) is 53.3. The van der Waals surface area contributed by atoms with Crippen LogP contribution in [0.4, 0.5) is 22.7 Å². The first-order valence-corrected chi connectivity index (χ1v) is 27.8. The Bertz CT molecular complexity index is 4210. The average molecular weight is 1220 g/mol. The first-order valence-electron chi connectivity index (χ1n) is 27.8. The molecule has 0 N–H and O–H groups in total. The van der Waals surface area contributed by atoms with Crippen molar-refractivity contribution in [3.8, 4) is 61.8 Å². The number of imidazole rings is 1. The number of aryl methyl sites for hydroxylation is 3. The van der Waals surface area contributed by atoms with E-state index in [0.29, 0.717) is 11.5 Å². The number of rotatable bonds is 11. The number of fused-ring (bicyclic) bond motifs is 7. The van der Waals surface area contributed by atoms with E-state index in [0.717, 1.165) is 138 Å². The van der Waals surface area contributed by atoms with Gasteiger partial charge in [0.1, 0.15) is 11.6 Å². The van der Waals surface area contributed by atoms with Gasteiger partial charge in [-0.05, 0) is 100 Å². The molecule has 0 unspecified atom stereocenters. The van der Waals surface area contributed by atoms with E-state index >= 15 is 0 Å². The molecular formula is C72H59N6OPt-3. The van der Waals surface area contributed by atoms with Crippen LogP contribution in [-0.2, 0) is 34.0 Å². The third-order valence-corrected chi connectivity index (χ3v) is 16.1. The minimum absolute atomic E-state index is 0. The van der Waals surface area contributed by atoms with Gasteiger partial charge in [0.25, 0.3) is 0 Å². The van der Waals surface area contributed by atoms with Crippen molar-refractivity contribution in [3.05, 3.63) is 242 Å². The SMILES string of the molecule is Cc1cc(-n2c3[c-]c(Oc4[c-]c(N5[CH-]N(c6c(-c7ccccc7)cccc6-c6ccccc6)c6cc7c(cc65)nc5n7CCCC5)cc(-c5c(C(C)C)cccc5C(C)C)c4)ccc3c3ccccc32)ncc1-c1ccccc1.[Pt]. The summed E-state index contributed by atoms with van der Waals surface area (Å²) in [5, 5.41) is 2.20. The van der Waals surface area contributed by atoms with E-state index in [1.54, 1.807) is 0 Å². The molecule has 396 valence electrons. The Morgan fingerprint density at radius 1 is 0.550 bits per heavy atom. The standard InChI is InChI=1S/C72H59N6O.Pt/c1-46(2)56-28-19-29-57(47(3)4)71(56)52-38-53(40-55(39-52)79-54-34-35-61-60-27-15-16-32-64(60)78(65(61)41-54)70-37-48(5)62(44-73-70)51-25-13-8-14-26-51)76-45-77(68-43-66-63(42-67(68)76)74-69-33-17-18-36-75(66)69)72-58(49-21-9-6-10-22-49)30-20-31-59(72)50-23-11-7-12-24-50;/h6-16,19-32,34-35,37-39,42-47H,17-18,33,36H2,1-5H3;/q-3;. The van der Waals surface area contributed by atoms with Gasteiger partial charge in [0.05, 0.1) is 11.0 Å². The van der Waals surface area contributed by atoms with Crippen LogP contribution in [0.5, 0.6) is 11.5 Å². The summed E-state index contributed by atoms with van der Waals surface area (Å²) in [6.45, 7) is 14.5. The molecule has 0 amide bonds. The topological polar surface area (TPSA) is 51.4 Å². The van der Waals surface area contributed by atoms with Gasteiger partial charge in [-0.2, -0.15) is 6.07 Å². The van der Waals surface area contributed by atoms with Gasteiger partial charge in [0.2, 0.25) is 0 Å². The summed E-state index contributed by atoms with van der Waals surface area (Å²) in [6, 6.07) is 77.2. The van der Waals surface area contributed by atoms with Gasteiger partial charge in [-0.1, -0.05) is 179 Å². The Balaban J connectivity index is 0.00000605. The Hall–Kier alpha value is -8.51.